The predicted molar refractivity (Wildman–Crippen MR) is 83.5 cm³/mol. The Bertz CT molecular complexity index is 475. The van der Waals surface area contributed by atoms with Crippen LogP contribution in [0.25, 0.3) is 0 Å². The summed E-state index contributed by atoms with van der Waals surface area (Å²) in [5, 5.41) is 17.9. The number of rotatable bonds is 7. The lowest BCUT2D eigenvalue weighted by Crippen LogP contribution is -2.16. The third-order valence-electron chi connectivity index (χ3n) is 4.24. The van der Waals surface area contributed by atoms with Crippen molar-refractivity contribution < 1.29 is 9.90 Å². The minimum Gasteiger partial charge on any atom is -0.481 e. The zero-order chi connectivity index (χ0) is 15.2. The van der Waals surface area contributed by atoms with Crippen LogP contribution >= 0.6 is 11.8 Å². The largest absolute Gasteiger partial charge is 0.481 e. The molecule has 1 heterocycles. The van der Waals surface area contributed by atoms with E-state index in [0.29, 0.717) is 0 Å². The van der Waals surface area contributed by atoms with Crippen LogP contribution in [0.5, 0.6) is 0 Å². The Labute approximate surface area is 130 Å². The number of thioether (sulfide) groups is 1. The first-order valence-corrected chi connectivity index (χ1v) is 8.85. The Morgan fingerprint density at radius 3 is 2.90 bits per heavy atom. The number of hydrogen-bond acceptors (Lipinski definition) is 4. The molecule has 0 aliphatic heterocycles. The van der Waals surface area contributed by atoms with Gasteiger partial charge in [0.25, 0.3) is 0 Å². The molecule has 1 fully saturated rings. The van der Waals surface area contributed by atoms with Crippen LogP contribution < -0.4 is 0 Å². The molecular formula is C15H25N3O2S. The van der Waals surface area contributed by atoms with E-state index in [1.807, 2.05) is 0 Å². The van der Waals surface area contributed by atoms with Gasteiger partial charge in [-0.15, -0.1) is 10.2 Å². The monoisotopic (exact) mass is 311 g/mol. The van der Waals surface area contributed by atoms with Gasteiger partial charge >= 0.3 is 5.97 Å². The maximum Gasteiger partial charge on any atom is 0.313 e. The second kappa shape index (κ2) is 7.82. The molecule has 0 amide bonds. The van der Waals surface area contributed by atoms with E-state index < -0.39 is 5.97 Å². The van der Waals surface area contributed by atoms with Crippen molar-refractivity contribution in [2.45, 2.75) is 64.1 Å². The molecule has 0 radical (unpaired) electrons. The van der Waals surface area contributed by atoms with Gasteiger partial charge in [0.05, 0.1) is 5.75 Å². The minimum atomic E-state index is -0.811. The third-order valence-corrected chi connectivity index (χ3v) is 5.19. The van der Waals surface area contributed by atoms with Crippen molar-refractivity contribution in [1.29, 1.82) is 0 Å². The molecular weight excluding hydrogens is 286 g/mol. The summed E-state index contributed by atoms with van der Waals surface area (Å²) in [7, 11) is 0. The van der Waals surface area contributed by atoms with E-state index in [9.17, 15) is 4.79 Å². The summed E-state index contributed by atoms with van der Waals surface area (Å²) in [6, 6.07) is 0. The van der Waals surface area contributed by atoms with Crippen LogP contribution in [0.4, 0.5) is 0 Å². The first-order chi connectivity index (χ1) is 10.1. The van der Waals surface area contributed by atoms with Gasteiger partial charge in [-0.1, -0.05) is 44.9 Å². The van der Waals surface area contributed by atoms with Crippen LogP contribution in [-0.4, -0.2) is 31.6 Å². The molecule has 1 aromatic rings. The molecule has 1 aromatic heterocycles. The molecule has 5 nitrogen and oxygen atoms in total. The zero-order valence-corrected chi connectivity index (χ0v) is 13.7. The van der Waals surface area contributed by atoms with Crippen molar-refractivity contribution in [3.63, 3.8) is 0 Å². The lowest BCUT2D eigenvalue weighted by molar-refractivity contribution is -0.133. The van der Waals surface area contributed by atoms with Crippen molar-refractivity contribution in [2.24, 2.45) is 11.8 Å². The number of nitrogens with zero attached hydrogens (tertiary/aromatic N) is 3. The highest BCUT2D eigenvalue weighted by atomic mass is 32.2. The first kappa shape index (κ1) is 16.3. The topological polar surface area (TPSA) is 68.0 Å². The van der Waals surface area contributed by atoms with E-state index in [1.54, 1.807) is 0 Å². The summed E-state index contributed by atoms with van der Waals surface area (Å²) in [6.07, 6.45) is 7.34. The molecule has 0 aromatic carbocycles. The molecule has 0 bridgehead atoms. The van der Waals surface area contributed by atoms with Crippen LogP contribution in [0.3, 0.4) is 0 Å². The van der Waals surface area contributed by atoms with Crippen LogP contribution in [0.2, 0.25) is 0 Å². The highest BCUT2D eigenvalue weighted by Crippen LogP contribution is 2.31. The Hall–Kier alpha value is -1.04. The molecule has 21 heavy (non-hydrogen) atoms. The van der Waals surface area contributed by atoms with Gasteiger partial charge in [-0.25, -0.2) is 0 Å². The molecule has 2 rings (SSSR count). The van der Waals surface area contributed by atoms with Crippen molar-refractivity contribution >= 4 is 17.7 Å². The number of hydrogen-bond donors (Lipinski definition) is 1. The van der Waals surface area contributed by atoms with Crippen molar-refractivity contribution in [2.75, 3.05) is 5.75 Å². The Balaban J connectivity index is 1.96. The lowest BCUT2D eigenvalue weighted by atomic mass is 9.81. The highest BCUT2D eigenvalue weighted by Gasteiger charge is 2.20. The number of aliphatic carboxylic acids is 1. The molecule has 1 aliphatic rings. The molecule has 1 N–H and O–H groups in total. The lowest BCUT2D eigenvalue weighted by Gasteiger charge is -2.27. The molecule has 1 aliphatic carbocycles. The van der Waals surface area contributed by atoms with E-state index in [2.05, 4.69) is 28.6 Å². The predicted octanol–water partition coefficient (Wildman–Crippen LogP) is 3.23. The second-order valence-electron chi connectivity index (χ2n) is 6.01. The Morgan fingerprint density at radius 2 is 2.24 bits per heavy atom. The third kappa shape index (κ3) is 4.73. The fraction of sp³-hybridized carbons (Fsp3) is 0.800. The smallest absolute Gasteiger partial charge is 0.313 e. The van der Waals surface area contributed by atoms with Crippen LogP contribution in [-0.2, 0) is 17.8 Å². The zero-order valence-electron chi connectivity index (χ0n) is 12.9. The van der Waals surface area contributed by atoms with Crippen LogP contribution in [0.1, 0.15) is 51.8 Å². The fourth-order valence-corrected chi connectivity index (χ4v) is 3.88. The van der Waals surface area contributed by atoms with Gasteiger partial charge in [0, 0.05) is 13.0 Å². The quantitative estimate of drug-likeness (QED) is 0.783. The summed E-state index contributed by atoms with van der Waals surface area (Å²) < 4.78 is 2.12. The van der Waals surface area contributed by atoms with E-state index in [-0.39, 0.29) is 5.75 Å². The Morgan fingerprint density at radius 1 is 1.43 bits per heavy atom. The second-order valence-corrected chi connectivity index (χ2v) is 6.96. The molecule has 118 valence electrons. The van der Waals surface area contributed by atoms with Crippen molar-refractivity contribution in [1.82, 2.24) is 14.8 Å². The van der Waals surface area contributed by atoms with Gasteiger partial charge in [-0.05, 0) is 24.7 Å². The highest BCUT2D eigenvalue weighted by molar-refractivity contribution is 7.99. The van der Waals surface area contributed by atoms with Gasteiger partial charge in [-0.2, -0.15) is 0 Å². The molecule has 2 unspecified atom stereocenters. The van der Waals surface area contributed by atoms with E-state index in [4.69, 9.17) is 5.11 Å². The fourth-order valence-electron chi connectivity index (χ4n) is 3.17. The van der Waals surface area contributed by atoms with Crippen LogP contribution in [0, 0.1) is 11.8 Å². The average molecular weight is 311 g/mol. The van der Waals surface area contributed by atoms with Gasteiger partial charge in [0.2, 0.25) is 0 Å². The summed E-state index contributed by atoms with van der Waals surface area (Å²) in [6.45, 7) is 5.32. The Kier molecular flexibility index (Phi) is 6.08. The maximum atomic E-state index is 10.7. The minimum absolute atomic E-state index is 0.0440. The van der Waals surface area contributed by atoms with Gasteiger partial charge in [0.15, 0.2) is 5.16 Å². The van der Waals surface area contributed by atoms with Gasteiger partial charge < -0.3 is 9.67 Å². The SMILES string of the molecule is CCc1nnc(SCC(=O)O)n1CCC1CCCC(C)C1. The molecule has 1 saturated carbocycles. The van der Waals surface area contributed by atoms with Crippen molar-refractivity contribution in [3.8, 4) is 0 Å². The maximum absolute atomic E-state index is 10.7. The summed E-state index contributed by atoms with van der Waals surface area (Å²) in [5.41, 5.74) is 0. The summed E-state index contributed by atoms with van der Waals surface area (Å²) in [4.78, 5) is 10.7. The van der Waals surface area contributed by atoms with E-state index in [0.717, 1.165) is 42.2 Å². The van der Waals surface area contributed by atoms with Gasteiger partial charge in [-0.3, -0.25) is 4.79 Å². The molecule has 6 heteroatoms. The number of aryl methyl sites for hydroxylation is 1. The first-order valence-electron chi connectivity index (χ1n) is 7.86. The molecule has 0 spiro atoms. The van der Waals surface area contributed by atoms with Gasteiger partial charge in [0.1, 0.15) is 5.82 Å². The number of aromatic nitrogens is 3. The number of carboxylic acid groups (broad SMARTS) is 1. The summed E-state index contributed by atoms with van der Waals surface area (Å²) >= 11 is 1.27. The molecule has 2 atom stereocenters. The molecule has 0 saturated heterocycles. The van der Waals surface area contributed by atoms with E-state index in [1.165, 1.54) is 37.4 Å². The number of carboxylic acids is 1. The number of carbonyl (C=O) groups is 1. The normalized spacial score (nSPS) is 22.4. The van der Waals surface area contributed by atoms with E-state index >= 15 is 0 Å². The van der Waals surface area contributed by atoms with Crippen LogP contribution in [0.15, 0.2) is 5.16 Å². The summed E-state index contributed by atoms with van der Waals surface area (Å²) in [5.74, 6) is 1.83. The average Bonchev–Trinajstić information content (AvgIpc) is 2.85. The standard InChI is InChI=1S/C15H25N3O2S/c1-3-13-16-17-15(21-10-14(19)20)18(13)8-7-12-6-4-5-11(2)9-12/h11-12H,3-10H2,1-2H3,(H,19,20). The van der Waals surface area contributed by atoms with Crippen molar-refractivity contribution in [3.05, 3.63) is 5.82 Å².